The number of nitrogens with zero attached hydrogens (tertiary/aromatic N) is 3. The first kappa shape index (κ1) is 18.7. The highest BCUT2D eigenvalue weighted by molar-refractivity contribution is 6.01. The summed E-state index contributed by atoms with van der Waals surface area (Å²) in [4.78, 5) is 20.1. The Morgan fingerprint density at radius 3 is 2.52 bits per heavy atom. The van der Waals surface area contributed by atoms with Crippen molar-refractivity contribution in [1.29, 1.82) is 0 Å². The summed E-state index contributed by atoms with van der Waals surface area (Å²) in [6.07, 6.45) is -0.857. The Balaban J connectivity index is 2.28. The van der Waals surface area contributed by atoms with Crippen molar-refractivity contribution in [3.63, 3.8) is 0 Å². The van der Waals surface area contributed by atoms with E-state index in [0.717, 1.165) is 5.56 Å². The summed E-state index contributed by atoms with van der Waals surface area (Å²) in [5, 5.41) is 9.68. The summed E-state index contributed by atoms with van der Waals surface area (Å²) in [5.74, 6) is -1.74. The Bertz CT molecular complexity index is 998. The maximum absolute atomic E-state index is 12.6. The van der Waals surface area contributed by atoms with E-state index in [0.29, 0.717) is 17.7 Å². The van der Waals surface area contributed by atoms with Gasteiger partial charge in [-0.2, -0.15) is 13.2 Å². The van der Waals surface area contributed by atoms with Crippen LogP contribution < -0.4 is 4.74 Å². The molecule has 9 heteroatoms. The third kappa shape index (κ3) is 3.57. The third-order valence-corrected chi connectivity index (χ3v) is 4.10. The van der Waals surface area contributed by atoms with Crippen molar-refractivity contribution in [2.45, 2.75) is 19.5 Å². The molecule has 0 aliphatic carbocycles. The molecule has 0 atom stereocenters. The van der Waals surface area contributed by atoms with Crippen molar-refractivity contribution >= 4 is 17.0 Å². The lowest BCUT2D eigenvalue weighted by Gasteiger charge is -2.11. The molecule has 27 heavy (non-hydrogen) atoms. The first-order valence-electron chi connectivity index (χ1n) is 8.08. The van der Waals surface area contributed by atoms with Gasteiger partial charge in [-0.3, -0.25) is 4.98 Å². The average Bonchev–Trinajstić information content (AvgIpc) is 2.90. The summed E-state index contributed by atoms with van der Waals surface area (Å²) in [7, 11) is 1.44. The van der Waals surface area contributed by atoms with Crippen molar-refractivity contribution in [1.82, 2.24) is 14.5 Å². The molecule has 3 rings (SSSR count). The van der Waals surface area contributed by atoms with E-state index in [4.69, 9.17) is 4.74 Å². The van der Waals surface area contributed by atoms with Gasteiger partial charge >= 0.3 is 12.1 Å². The van der Waals surface area contributed by atoms with E-state index in [-0.39, 0.29) is 22.5 Å². The number of carboxylic acids is 1. The number of ether oxygens (including phenoxy) is 1. The number of aromatic carboxylic acids is 1. The fourth-order valence-electron chi connectivity index (χ4n) is 2.94. The smallest absolute Gasteiger partial charge is 0.422 e. The number of hydrogen-bond donors (Lipinski definition) is 1. The molecule has 3 heterocycles. The summed E-state index contributed by atoms with van der Waals surface area (Å²) in [5.41, 5.74) is 2.02. The molecule has 0 spiro atoms. The number of carboxylic acid groups (broad SMARTS) is 1. The van der Waals surface area contributed by atoms with Crippen LogP contribution in [-0.4, -0.2) is 38.4 Å². The van der Waals surface area contributed by atoms with Crippen LogP contribution in [0.4, 0.5) is 13.2 Å². The quantitative estimate of drug-likeness (QED) is 0.729. The molecular weight excluding hydrogens is 363 g/mol. The van der Waals surface area contributed by atoms with E-state index in [1.165, 1.54) is 11.6 Å². The second-order valence-electron chi connectivity index (χ2n) is 5.89. The lowest BCUT2D eigenvalue weighted by Crippen LogP contribution is -2.20. The Morgan fingerprint density at radius 2 is 1.96 bits per heavy atom. The van der Waals surface area contributed by atoms with E-state index < -0.39 is 18.8 Å². The van der Waals surface area contributed by atoms with Crippen LogP contribution in [0.2, 0.25) is 0 Å². The molecule has 0 aliphatic heterocycles. The minimum atomic E-state index is -4.59. The van der Waals surface area contributed by atoms with Gasteiger partial charge in [0.2, 0.25) is 0 Å². The minimum absolute atomic E-state index is 0.211. The van der Waals surface area contributed by atoms with Crippen LogP contribution in [0.1, 0.15) is 23.1 Å². The molecule has 3 aromatic rings. The van der Waals surface area contributed by atoms with Crippen molar-refractivity contribution in [3.8, 4) is 16.9 Å². The Labute approximate surface area is 152 Å². The average molecular weight is 379 g/mol. The molecular formula is C18H16F3N3O3. The van der Waals surface area contributed by atoms with E-state index >= 15 is 0 Å². The zero-order chi connectivity index (χ0) is 19.8. The second-order valence-corrected chi connectivity index (χ2v) is 5.89. The Morgan fingerprint density at radius 1 is 1.30 bits per heavy atom. The summed E-state index contributed by atoms with van der Waals surface area (Å²) in [6.45, 7) is 0.299. The molecule has 3 aromatic heterocycles. The van der Waals surface area contributed by atoms with Crippen molar-refractivity contribution in [2.75, 3.05) is 6.61 Å². The van der Waals surface area contributed by atoms with E-state index in [9.17, 15) is 23.1 Å². The Hall–Kier alpha value is -3.10. The molecule has 0 radical (unpaired) electrons. The van der Waals surface area contributed by atoms with E-state index in [1.54, 1.807) is 30.6 Å². The summed E-state index contributed by atoms with van der Waals surface area (Å²) >= 11 is 0. The first-order valence-corrected chi connectivity index (χ1v) is 8.08. The van der Waals surface area contributed by atoms with Crippen LogP contribution in [0.3, 0.4) is 0 Å². The maximum Gasteiger partial charge on any atom is 0.422 e. The summed E-state index contributed by atoms with van der Waals surface area (Å²) < 4.78 is 44.0. The number of alkyl halides is 3. The highest BCUT2D eigenvalue weighted by atomic mass is 19.4. The Kier molecular flexibility index (Phi) is 4.77. The fraction of sp³-hybridized carbons (Fsp3) is 0.278. The first-order chi connectivity index (χ1) is 12.7. The van der Waals surface area contributed by atoms with Gasteiger partial charge in [0.15, 0.2) is 18.1 Å². The van der Waals surface area contributed by atoms with Crippen LogP contribution in [0, 0.1) is 0 Å². The van der Waals surface area contributed by atoms with Gasteiger partial charge in [0.1, 0.15) is 5.65 Å². The lowest BCUT2D eigenvalue weighted by molar-refractivity contribution is -0.153. The van der Waals surface area contributed by atoms with Gasteiger partial charge in [0, 0.05) is 25.0 Å². The van der Waals surface area contributed by atoms with Crippen molar-refractivity contribution in [3.05, 3.63) is 42.0 Å². The largest absolute Gasteiger partial charge is 0.481 e. The molecule has 0 saturated carbocycles. The number of hydrogen-bond acceptors (Lipinski definition) is 4. The van der Waals surface area contributed by atoms with Gasteiger partial charge in [-0.05, 0) is 30.2 Å². The van der Waals surface area contributed by atoms with Gasteiger partial charge in [-0.25, -0.2) is 9.78 Å². The molecule has 0 aromatic carbocycles. The van der Waals surface area contributed by atoms with E-state index in [1.807, 2.05) is 6.92 Å². The predicted molar refractivity (Wildman–Crippen MR) is 91.8 cm³/mol. The van der Waals surface area contributed by atoms with Crippen molar-refractivity contribution in [2.24, 2.45) is 7.05 Å². The fourth-order valence-corrected chi connectivity index (χ4v) is 2.94. The van der Waals surface area contributed by atoms with Gasteiger partial charge in [0.05, 0.1) is 11.1 Å². The number of fused-ring (bicyclic) bond motifs is 1. The SMILES string of the molecule is CCc1nc2c(cc1-c1ccncc1)c(OCC(F)(F)F)c(C(=O)O)n2C. The third-order valence-electron chi connectivity index (χ3n) is 4.10. The molecule has 1 N–H and O–H groups in total. The van der Waals surface area contributed by atoms with Gasteiger partial charge in [-0.15, -0.1) is 0 Å². The van der Waals surface area contributed by atoms with Gasteiger partial charge in [-0.1, -0.05) is 6.92 Å². The van der Waals surface area contributed by atoms with Crippen LogP contribution in [0.5, 0.6) is 5.75 Å². The van der Waals surface area contributed by atoms with Gasteiger partial charge < -0.3 is 14.4 Å². The van der Waals surface area contributed by atoms with Crippen LogP contribution >= 0.6 is 0 Å². The standard InChI is InChI=1S/C18H16F3N3O3/c1-3-13-11(10-4-6-22-7-5-10)8-12-15(27-9-18(19,20)21)14(17(25)26)24(2)16(12)23-13/h4-8H,3,9H2,1-2H3,(H,25,26). The molecule has 0 amide bonds. The van der Waals surface area contributed by atoms with Crippen molar-refractivity contribution < 1.29 is 27.8 Å². The predicted octanol–water partition coefficient (Wildman–Crippen LogP) is 3.84. The molecule has 6 nitrogen and oxygen atoms in total. The lowest BCUT2D eigenvalue weighted by atomic mass is 10.0. The van der Waals surface area contributed by atoms with Crippen LogP contribution in [-0.2, 0) is 13.5 Å². The monoisotopic (exact) mass is 379 g/mol. The number of halogens is 3. The second kappa shape index (κ2) is 6.90. The topological polar surface area (TPSA) is 77.2 Å². The zero-order valence-electron chi connectivity index (χ0n) is 14.5. The number of aromatic nitrogens is 3. The minimum Gasteiger partial charge on any atom is -0.481 e. The molecule has 0 saturated heterocycles. The van der Waals surface area contributed by atoms with Gasteiger partial charge in [0.25, 0.3) is 0 Å². The highest BCUT2D eigenvalue weighted by Crippen LogP contribution is 2.37. The van der Waals surface area contributed by atoms with E-state index in [2.05, 4.69) is 9.97 Å². The molecule has 0 fully saturated rings. The molecule has 0 unspecified atom stereocenters. The van der Waals surface area contributed by atoms with Crippen LogP contribution in [0.15, 0.2) is 30.6 Å². The maximum atomic E-state index is 12.6. The zero-order valence-corrected chi connectivity index (χ0v) is 14.5. The molecule has 0 aliphatic rings. The highest BCUT2D eigenvalue weighted by Gasteiger charge is 2.32. The number of carbonyl (C=O) groups is 1. The summed E-state index contributed by atoms with van der Waals surface area (Å²) in [6, 6.07) is 5.12. The molecule has 142 valence electrons. The number of aryl methyl sites for hydroxylation is 2. The number of pyridine rings is 2. The van der Waals surface area contributed by atoms with Crippen LogP contribution in [0.25, 0.3) is 22.2 Å². The normalized spacial score (nSPS) is 11.7. The molecule has 0 bridgehead atoms. The number of rotatable bonds is 5.